The molecule has 0 radical (unpaired) electrons. The summed E-state index contributed by atoms with van der Waals surface area (Å²) in [5.74, 6) is 1.03. The van der Waals surface area contributed by atoms with Crippen molar-refractivity contribution in [1.82, 2.24) is 10.3 Å². The van der Waals surface area contributed by atoms with Gasteiger partial charge >= 0.3 is 0 Å². The van der Waals surface area contributed by atoms with Crippen molar-refractivity contribution in [3.05, 3.63) is 47.3 Å². The average Bonchev–Trinajstić information content (AvgIpc) is 2.68. The zero-order valence-corrected chi connectivity index (χ0v) is 16.7. The predicted molar refractivity (Wildman–Crippen MR) is 110 cm³/mol. The first-order valence-electron chi connectivity index (χ1n) is 9.73. The van der Waals surface area contributed by atoms with Gasteiger partial charge in [-0.25, -0.2) is 4.98 Å². The molecule has 0 aromatic carbocycles. The van der Waals surface area contributed by atoms with Crippen LogP contribution in [-0.2, 0) is 0 Å². The number of ether oxygens (including phenoxy) is 1. The Kier molecular flexibility index (Phi) is 8.24. The standard InChI is InChI=1S/C22H31N3O2/c1-5-18(11-12-23-4)15-27-21-13-16(2)20(14-24-21)22(26)25-17(3)19-9-7-6-8-10-19/h5,11-14,17,19H,4,6-10,15H2,1-3H3,(H,25,26). The molecule has 1 heterocycles. The predicted octanol–water partition coefficient (Wildman–Crippen LogP) is 4.63. The van der Waals surface area contributed by atoms with Crippen molar-refractivity contribution in [2.45, 2.75) is 58.9 Å². The maximum absolute atomic E-state index is 12.6. The van der Waals surface area contributed by atoms with Gasteiger partial charge in [0, 0.05) is 24.5 Å². The zero-order chi connectivity index (χ0) is 19.6. The fourth-order valence-electron chi connectivity index (χ4n) is 3.42. The average molecular weight is 370 g/mol. The molecule has 0 saturated heterocycles. The Labute approximate surface area is 162 Å². The van der Waals surface area contributed by atoms with Crippen LogP contribution in [0.4, 0.5) is 0 Å². The first-order chi connectivity index (χ1) is 13.0. The summed E-state index contributed by atoms with van der Waals surface area (Å²) in [6.07, 6.45) is 13.3. The second kappa shape index (κ2) is 10.7. The van der Waals surface area contributed by atoms with Crippen molar-refractivity contribution in [3.8, 4) is 5.88 Å². The molecule has 1 saturated carbocycles. The smallest absolute Gasteiger partial charge is 0.253 e. The monoisotopic (exact) mass is 369 g/mol. The fraction of sp³-hybridized carbons (Fsp3) is 0.500. The Balaban J connectivity index is 1.95. The molecule has 27 heavy (non-hydrogen) atoms. The van der Waals surface area contributed by atoms with Crippen LogP contribution in [0.1, 0.15) is 61.9 Å². The number of aryl methyl sites for hydroxylation is 1. The van der Waals surface area contributed by atoms with E-state index < -0.39 is 0 Å². The number of carbonyl (C=O) groups excluding carboxylic acids is 1. The van der Waals surface area contributed by atoms with Gasteiger partial charge in [0.2, 0.25) is 5.88 Å². The van der Waals surface area contributed by atoms with Crippen LogP contribution in [0.25, 0.3) is 0 Å². The summed E-state index contributed by atoms with van der Waals surface area (Å²) in [7, 11) is 0. The molecule has 1 amide bonds. The van der Waals surface area contributed by atoms with Gasteiger partial charge in [-0.15, -0.1) is 0 Å². The van der Waals surface area contributed by atoms with Gasteiger partial charge in [0.15, 0.2) is 0 Å². The molecule has 1 fully saturated rings. The molecule has 1 unspecified atom stereocenters. The third kappa shape index (κ3) is 6.35. The van der Waals surface area contributed by atoms with Crippen molar-refractivity contribution in [1.29, 1.82) is 0 Å². The lowest BCUT2D eigenvalue weighted by Crippen LogP contribution is -2.39. The number of hydrogen-bond donors (Lipinski definition) is 1. The van der Waals surface area contributed by atoms with Crippen molar-refractivity contribution >= 4 is 12.6 Å². The quantitative estimate of drug-likeness (QED) is 0.537. The number of carbonyl (C=O) groups is 1. The van der Waals surface area contributed by atoms with E-state index in [2.05, 4.69) is 28.9 Å². The molecule has 1 aromatic rings. The summed E-state index contributed by atoms with van der Waals surface area (Å²) in [6.45, 7) is 9.76. The van der Waals surface area contributed by atoms with Crippen LogP contribution < -0.4 is 10.1 Å². The number of hydrogen-bond acceptors (Lipinski definition) is 4. The van der Waals surface area contributed by atoms with Crippen LogP contribution in [0.3, 0.4) is 0 Å². The van der Waals surface area contributed by atoms with E-state index in [1.165, 1.54) is 32.1 Å². The van der Waals surface area contributed by atoms with E-state index in [4.69, 9.17) is 4.74 Å². The number of nitrogens with one attached hydrogen (secondary N) is 1. The fourth-order valence-corrected chi connectivity index (χ4v) is 3.42. The molecular weight excluding hydrogens is 338 g/mol. The molecule has 0 spiro atoms. The summed E-state index contributed by atoms with van der Waals surface area (Å²) in [4.78, 5) is 20.6. The van der Waals surface area contributed by atoms with E-state index in [0.717, 1.165) is 11.1 Å². The van der Waals surface area contributed by atoms with Crippen molar-refractivity contribution in [2.75, 3.05) is 6.61 Å². The Morgan fingerprint density at radius 2 is 2.19 bits per heavy atom. The molecule has 1 atom stereocenters. The SMILES string of the molecule is C=NC=CC(=CC)COc1cc(C)c(C(=O)NC(C)C2CCCCC2)cn1. The molecule has 1 aliphatic rings. The topological polar surface area (TPSA) is 63.6 Å². The lowest BCUT2D eigenvalue weighted by Gasteiger charge is -2.28. The van der Waals surface area contributed by atoms with Crippen molar-refractivity contribution < 1.29 is 9.53 Å². The lowest BCUT2D eigenvalue weighted by atomic mass is 9.84. The molecule has 2 rings (SSSR count). The van der Waals surface area contributed by atoms with Crippen LogP contribution in [0.15, 0.2) is 41.2 Å². The minimum absolute atomic E-state index is 0.0567. The first-order valence-corrected chi connectivity index (χ1v) is 9.73. The van der Waals surface area contributed by atoms with Gasteiger partial charge in [-0.05, 0) is 63.5 Å². The summed E-state index contributed by atoms with van der Waals surface area (Å²) >= 11 is 0. The van der Waals surface area contributed by atoms with E-state index >= 15 is 0 Å². The largest absolute Gasteiger partial charge is 0.473 e. The molecule has 0 bridgehead atoms. The number of rotatable bonds is 8. The number of amides is 1. The van der Waals surface area contributed by atoms with Crippen molar-refractivity contribution in [3.63, 3.8) is 0 Å². The maximum atomic E-state index is 12.6. The third-order valence-electron chi connectivity index (χ3n) is 5.20. The molecule has 5 heteroatoms. The molecule has 0 aliphatic heterocycles. The highest BCUT2D eigenvalue weighted by molar-refractivity contribution is 5.95. The van der Waals surface area contributed by atoms with E-state index in [-0.39, 0.29) is 11.9 Å². The second-order valence-corrected chi connectivity index (χ2v) is 7.15. The Morgan fingerprint density at radius 3 is 2.81 bits per heavy atom. The first kappa shape index (κ1) is 20.9. The molecule has 1 N–H and O–H groups in total. The van der Waals surface area contributed by atoms with Gasteiger partial charge in [-0.3, -0.25) is 9.79 Å². The second-order valence-electron chi connectivity index (χ2n) is 7.15. The van der Waals surface area contributed by atoms with Crippen LogP contribution in [0.5, 0.6) is 5.88 Å². The van der Waals surface area contributed by atoms with E-state index in [1.54, 1.807) is 12.4 Å². The van der Waals surface area contributed by atoms with Crippen molar-refractivity contribution in [2.24, 2.45) is 10.9 Å². The number of nitrogens with zero attached hydrogens (tertiary/aromatic N) is 2. The summed E-state index contributed by atoms with van der Waals surface area (Å²) in [5, 5.41) is 3.15. The van der Waals surface area contributed by atoms with Gasteiger partial charge in [-0.1, -0.05) is 25.3 Å². The lowest BCUT2D eigenvalue weighted by molar-refractivity contribution is 0.0918. The van der Waals surface area contributed by atoms with Crippen LogP contribution in [0, 0.1) is 12.8 Å². The Morgan fingerprint density at radius 1 is 1.44 bits per heavy atom. The third-order valence-corrected chi connectivity index (χ3v) is 5.20. The minimum atomic E-state index is -0.0567. The molecular formula is C22H31N3O2. The van der Waals surface area contributed by atoms with Gasteiger partial charge in [-0.2, -0.15) is 0 Å². The van der Waals surface area contributed by atoms with Gasteiger partial charge in [0.25, 0.3) is 5.91 Å². The zero-order valence-electron chi connectivity index (χ0n) is 16.7. The van der Waals surface area contributed by atoms with E-state index in [9.17, 15) is 4.79 Å². The highest BCUT2D eigenvalue weighted by Crippen LogP contribution is 2.26. The number of allylic oxidation sites excluding steroid dienone is 1. The Bertz CT molecular complexity index is 704. The minimum Gasteiger partial charge on any atom is -0.473 e. The summed E-state index contributed by atoms with van der Waals surface area (Å²) < 4.78 is 5.72. The number of aromatic nitrogens is 1. The molecule has 146 valence electrons. The maximum Gasteiger partial charge on any atom is 0.253 e. The van der Waals surface area contributed by atoms with E-state index in [1.807, 2.05) is 32.1 Å². The summed E-state index contributed by atoms with van der Waals surface area (Å²) in [5.41, 5.74) is 2.44. The Hall–Kier alpha value is -2.43. The van der Waals surface area contributed by atoms with E-state index in [0.29, 0.717) is 24.0 Å². The van der Waals surface area contributed by atoms with Crippen LogP contribution >= 0.6 is 0 Å². The van der Waals surface area contributed by atoms with Gasteiger partial charge in [0.1, 0.15) is 6.61 Å². The van der Waals surface area contributed by atoms with Crippen LogP contribution in [0.2, 0.25) is 0 Å². The number of pyridine rings is 1. The molecule has 5 nitrogen and oxygen atoms in total. The normalized spacial score (nSPS) is 16.9. The van der Waals surface area contributed by atoms with Gasteiger partial charge in [0.05, 0.1) is 5.56 Å². The highest BCUT2D eigenvalue weighted by Gasteiger charge is 2.22. The molecule has 1 aliphatic carbocycles. The number of aliphatic imine (C=N–C) groups is 1. The molecule has 1 aromatic heterocycles. The highest BCUT2D eigenvalue weighted by atomic mass is 16.5. The van der Waals surface area contributed by atoms with Gasteiger partial charge < -0.3 is 10.1 Å². The summed E-state index contributed by atoms with van der Waals surface area (Å²) in [6, 6.07) is 2.00. The van der Waals surface area contributed by atoms with Crippen LogP contribution in [-0.4, -0.2) is 30.3 Å².